The lowest BCUT2D eigenvalue weighted by molar-refractivity contribution is -0.132. The fourth-order valence-electron chi connectivity index (χ4n) is 3.89. The van der Waals surface area contributed by atoms with Crippen molar-refractivity contribution in [3.63, 3.8) is 0 Å². The fraction of sp³-hybridized carbons (Fsp3) is 0.526. The third-order valence-corrected chi connectivity index (χ3v) is 6.41. The van der Waals surface area contributed by atoms with Gasteiger partial charge in [0.1, 0.15) is 6.54 Å². The van der Waals surface area contributed by atoms with Gasteiger partial charge in [-0.1, -0.05) is 12.1 Å². The summed E-state index contributed by atoms with van der Waals surface area (Å²) in [5.74, 6) is 0.298. The molecule has 0 atom stereocenters. The molecule has 0 unspecified atom stereocenters. The topological polar surface area (TPSA) is 70.2 Å². The number of carbonyl (C=O) groups excluding carboxylic acids is 3. The summed E-state index contributed by atoms with van der Waals surface area (Å²) >= 11 is 1.51. The summed E-state index contributed by atoms with van der Waals surface area (Å²) in [7, 11) is 0. The van der Waals surface area contributed by atoms with Gasteiger partial charge in [-0.05, 0) is 31.4 Å². The van der Waals surface area contributed by atoms with Crippen LogP contribution in [-0.4, -0.2) is 72.3 Å². The predicted molar refractivity (Wildman–Crippen MR) is 102 cm³/mol. The van der Waals surface area contributed by atoms with Crippen molar-refractivity contribution in [1.82, 2.24) is 9.80 Å². The molecule has 0 aliphatic carbocycles. The SMILES string of the molecule is O=C(CN1C(=O)CSc2ccccc21)N1CCC(N2CCCOC2=O)CC1. The zero-order valence-electron chi connectivity index (χ0n) is 15.1. The second-order valence-electron chi connectivity index (χ2n) is 7.01. The number of para-hydroxylation sites is 1. The van der Waals surface area contributed by atoms with Crippen molar-refractivity contribution < 1.29 is 19.1 Å². The molecule has 0 saturated carbocycles. The van der Waals surface area contributed by atoms with E-state index in [2.05, 4.69) is 0 Å². The summed E-state index contributed by atoms with van der Waals surface area (Å²) in [6.45, 7) is 2.51. The first-order valence-corrected chi connectivity index (χ1v) is 10.4. The Morgan fingerprint density at radius 2 is 1.93 bits per heavy atom. The van der Waals surface area contributed by atoms with Crippen molar-refractivity contribution in [2.45, 2.75) is 30.2 Å². The van der Waals surface area contributed by atoms with Crippen LogP contribution in [0.1, 0.15) is 19.3 Å². The van der Waals surface area contributed by atoms with Crippen LogP contribution in [0.15, 0.2) is 29.2 Å². The Kier molecular flexibility index (Phi) is 5.24. The minimum atomic E-state index is -0.237. The quantitative estimate of drug-likeness (QED) is 0.790. The summed E-state index contributed by atoms with van der Waals surface area (Å²) < 4.78 is 5.12. The van der Waals surface area contributed by atoms with E-state index in [0.717, 1.165) is 36.4 Å². The Morgan fingerprint density at radius 1 is 1.15 bits per heavy atom. The van der Waals surface area contributed by atoms with E-state index in [4.69, 9.17) is 4.74 Å². The Hall–Kier alpha value is -2.22. The molecule has 4 rings (SSSR count). The average Bonchev–Trinajstić information content (AvgIpc) is 2.70. The Bertz CT molecular complexity index is 748. The molecule has 3 aliphatic rings. The monoisotopic (exact) mass is 389 g/mol. The lowest BCUT2D eigenvalue weighted by Crippen LogP contribution is -2.52. The van der Waals surface area contributed by atoms with Crippen molar-refractivity contribution in [3.8, 4) is 0 Å². The molecule has 7 nitrogen and oxygen atoms in total. The lowest BCUT2D eigenvalue weighted by atomic mass is 10.0. The number of fused-ring (bicyclic) bond motifs is 1. The first-order chi connectivity index (χ1) is 13.1. The molecule has 3 amide bonds. The molecule has 3 heterocycles. The maximum Gasteiger partial charge on any atom is 0.410 e. The van der Waals surface area contributed by atoms with Crippen molar-refractivity contribution in [3.05, 3.63) is 24.3 Å². The molecule has 0 bridgehead atoms. The predicted octanol–water partition coefficient (Wildman–Crippen LogP) is 1.96. The first-order valence-electron chi connectivity index (χ1n) is 9.37. The van der Waals surface area contributed by atoms with Gasteiger partial charge >= 0.3 is 6.09 Å². The molecule has 2 saturated heterocycles. The number of hydrogen-bond acceptors (Lipinski definition) is 5. The van der Waals surface area contributed by atoms with Crippen LogP contribution >= 0.6 is 11.8 Å². The van der Waals surface area contributed by atoms with Gasteiger partial charge in [-0.3, -0.25) is 9.59 Å². The lowest BCUT2D eigenvalue weighted by Gasteiger charge is -2.40. The molecule has 2 fully saturated rings. The molecular formula is C19H23N3O4S. The Balaban J connectivity index is 1.36. The third-order valence-electron chi connectivity index (χ3n) is 5.36. The van der Waals surface area contributed by atoms with Crippen LogP contribution in [0.25, 0.3) is 0 Å². The van der Waals surface area contributed by atoms with E-state index in [1.54, 1.807) is 9.80 Å². The number of nitrogens with zero attached hydrogens (tertiary/aromatic N) is 3. The van der Waals surface area contributed by atoms with Crippen LogP contribution in [0.2, 0.25) is 0 Å². The van der Waals surface area contributed by atoms with Gasteiger partial charge in [-0.25, -0.2) is 4.79 Å². The number of likely N-dealkylation sites (tertiary alicyclic amines) is 1. The van der Waals surface area contributed by atoms with Gasteiger partial charge in [-0.15, -0.1) is 11.8 Å². The summed E-state index contributed by atoms with van der Waals surface area (Å²) in [6, 6.07) is 7.83. The highest BCUT2D eigenvalue weighted by Gasteiger charge is 2.33. The molecule has 1 aromatic rings. The molecule has 1 aromatic carbocycles. The summed E-state index contributed by atoms with van der Waals surface area (Å²) in [5, 5.41) is 0. The Labute approximate surface area is 162 Å². The largest absolute Gasteiger partial charge is 0.449 e. The maximum atomic E-state index is 12.8. The van der Waals surface area contributed by atoms with Crippen molar-refractivity contribution in [2.24, 2.45) is 0 Å². The standard InChI is InChI=1S/C19H23N3O4S/c23-17(12-22-15-4-1-2-5-16(15)27-13-18(22)24)20-9-6-14(7-10-20)21-8-3-11-26-19(21)25/h1-2,4-5,14H,3,6-13H2. The number of amides is 3. The van der Waals surface area contributed by atoms with Gasteiger partial charge in [0.05, 0.1) is 18.0 Å². The molecule has 0 radical (unpaired) electrons. The third kappa shape index (κ3) is 3.76. The van der Waals surface area contributed by atoms with Crippen LogP contribution in [-0.2, 0) is 14.3 Å². The van der Waals surface area contributed by atoms with Crippen LogP contribution in [0.5, 0.6) is 0 Å². The molecule has 3 aliphatic heterocycles. The molecule has 0 N–H and O–H groups in total. The second kappa shape index (κ2) is 7.80. The van der Waals surface area contributed by atoms with Crippen molar-refractivity contribution in [1.29, 1.82) is 0 Å². The summed E-state index contributed by atoms with van der Waals surface area (Å²) in [5.41, 5.74) is 0.818. The van der Waals surface area contributed by atoms with Crippen LogP contribution in [0, 0.1) is 0 Å². The maximum absolute atomic E-state index is 12.8. The van der Waals surface area contributed by atoms with Crippen LogP contribution < -0.4 is 4.90 Å². The van der Waals surface area contributed by atoms with Crippen LogP contribution in [0.4, 0.5) is 10.5 Å². The van der Waals surface area contributed by atoms with Gasteiger partial charge in [0.25, 0.3) is 0 Å². The number of carbonyl (C=O) groups is 3. The van der Waals surface area contributed by atoms with Crippen molar-refractivity contribution in [2.75, 3.05) is 43.4 Å². The van der Waals surface area contributed by atoms with E-state index in [0.29, 0.717) is 25.4 Å². The van der Waals surface area contributed by atoms with Gasteiger partial charge < -0.3 is 19.4 Å². The number of benzene rings is 1. The van der Waals surface area contributed by atoms with Gasteiger partial charge in [-0.2, -0.15) is 0 Å². The molecule has 27 heavy (non-hydrogen) atoms. The van der Waals surface area contributed by atoms with Gasteiger partial charge in [0, 0.05) is 30.6 Å². The minimum absolute atomic E-state index is 0.0296. The van der Waals surface area contributed by atoms with E-state index in [1.165, 1.54) is 11.8 Å². The number of piperidine rings is 1. The first kappa shape index (κ1) is 18.2. The number of ether oxygens (including phenoxy) is 1. The van der Waals surface area contributed by atoms with E-state index < -0.39 is 0 Å². The van der Waals surface area contributed by atoms with Gasteiger partial charge in [0.2, 0.25) is 11.8 Å². The number of hydrogen-bond donors (Lipinski definition) is 0. The van der Waals surface area contributed by atoms with Crippen LogP contribution in [0.3, 0.4) is 0 Å². The smallest absolute Gasteiger partial charge is 0.410 e. The zero-order chi connectivity index (χ0) is 18.8. The normalized spacial score (nSPS) is 21.1. The zero-order valence-corrected chi connectivity index (χ0v) is 16.0. The highest BCUT2D eigenvalue weighted by atomic mass is 32.2. The molecule has 144 valence electrons. The number of thioether (sulfide) groups is 1. The minimum Gasteiger partial charge on any atom is -0.449 e. The van der Waals surface area contributed by atoms with E-state index in [9.17, 15) is 14.4 Å². The molecule has 0 spiro atoms. The van der Waals surface area contributed by atoms with Crippen molar-refractivity contribution >= 4 is 35.4 Å². The highest BCUT2D eigenvalue weighted by molar-refractivity contribution is 8.00. The second-order valence-corrected chi connectivity index (χ2v) is 8.03. The van der Waals surface area contributed by atoms with E-state index in [-0.39, 0.29) is 30.5 Å². The summed E-state index contributed by atoms with van der Waals surface area (Å²) in [4.78, 5) is 43.3. The summed E-state index contributed by atoms with van der Waals surface area (Å²) in [6.07, 6.45) is 2.13. The van der Waals surface area contributed by atoms with E-state index in [1.807, 2.05) is 29.2 Å². The number of rotatable bonds is 3. The molecule has 0 aromatic heterocycles. The molecule has 8 heteroatoms. The van der Waals surface area contributed by atoms with Gasteiger partial charge in [0.15, 0.2) is 0 Å². The number of cyclic esters (lactones) is 1. The molecular weight excluding hydrogens is 366 g/mol. The number of anilines is 1. The fourth-order valence-corrected chi connectivity index (χ4v) is 4.83. The van der Waals surface area contributed by atoms with E-state index >= 15 is 0 Å². The Morgan fingerprint density at radius 3 is 2.70 bits per heavy atom. The highest BCUT2D eigenvalue weighted by Crippen LogP contribution is 2.34. The average molecular weight is 389 g/mol.